The molecule has 1 aromatic carbocycles. The first-order chi connectivity index (χ1) is 9.15. The Morgan fingerprint density at radius 1 is 1.16 bits per heavy atom. The molecule has 3 heteroatoms. The smallest absolute Gasteiger partial charge is 0.0727 e. The van der Waals surface area contributed by atoms with E-state index in [2.05, 4.69) is 36.9 Å². The van der Waals surface area contributed by atoms with Gasteiger partial charge < -0.3 is 10.6 Å². The number of nitrogen functional groups attached to an aromatic ring is 1. The monoisotopic (exact) mass is 255 g/mol. The van der Waals surface area contributed by atoms with Gasteiger partial charge in [0.1, 0.15) is 0 Å². The van der Waals surface area contributed by atoms with Crippen molar-refractivity contribution in [2.45, 2.75) is 32.6 Å². The van der Waals surface area contributed by atoms with Gasteiger partial charge in [-0.15, -0.1) is 0 Å². The van der Waals surface area contributed by atoms with E-state index < -0.39 is 0 Å². The minimum Gasteiger partial charge on any atom is -0.398 e. The summed E-state index contributed by atoms with van der Waals surface area (Å²) in [5, 5.41) is 1.08. The summed E-state index contributed by atoms with van der Waals surface area (Å²) in [6.45, 7) is 6.60. The number of fused-ring (bicyclic) bond motifs is 1. The lowest BCUT2D eigenvalue weighted by atomic mass is 10.1. The fourth-order valence-electron chi connectivity index (χ4n) is 2.73. The highest BCUT2D eigenvalue weighted by Crippen LogP contribution is 2.29. The normalized spacial score (nSPS) is 15.6. The van der Waals surface area contributed by atoms with Crippen LogP contribution < -0.4 is 10.6 Å². The van der Waals surface area contributed by atoms with E-state index in [4.69, 9.17) is 10.7 Å². The van der Waals surface area contributed by atoms with Gasteiger partial charge in [0.15, 0.2) is 0 Å². The fourth-order valence-corrected chi connectivity index (χ4v) is 2.73. The molecule has 100 valence electrons. The first kappa shape index (κ1) is 12.3. The molecule has 1 aliphatic rings. The Kier molecular flexibility index (Phi) is 3.05. The third-order valence-corrected chi connectivity index (χ3v) is 3.91. The van der Waals surface area contributed by atoms with Gasteiger partial charge in [-0.1, -0.05) is 13.8 Å². The molecule has 1 aromatic heterocycles. The van der Waals surface area contributed by atoms with Crippen molar-refractivity contribution in [3.63, 3.8) is 0 Å². The number of rotatable bonds is 2. The number of pyridine rings is 1. The first-order valence-corrected chi connectivity index (χ1v) is 7.10. The van der Waals surface area contributed by atoms with Crippen LogP contribution >= 0.6 is 0 Å². The number of hydrogen-bond acceptors (Lipinski definition) is 3. The second kappa shape index (κ2) is 4.72. The maximum atomic E-state index is 6.20. The van der Waals surface area contributed by atoms with E-state index in [1.807, 2.05) is 6.07 Å². The van der Waals surface area contributed by atoms with E-state index in [1.54, 1.807) is 0 Å². The largest absolute Gasteiger partial charge is 0.398 e. The molecule has 0 unspecified atom stereocenters. The molecule has 3 nitrogen and oxygen atoms in total. The zero-order chi connectivity index (χ0) is 13.4. The number of nitrogens with two attached hydrogens (primary N) is 1. The molecule has 0 radical (unpaired) electrons. The summed E-state index contributed by atoms with van der Waals surface area (Å²) in [5.74, 6) is 0.407. The van der Waals surface area contributed by atoms with Crippen molar-refractivity contribution in [2.75, 3.05) is 23.7 Å². The Hall–Kier alpha value is -1.77. The van der Waals surface area contributed by atoms with Gasteiger partial charge in [-0.3, -0.25) is 4.98 Å². The third-order valence-electron chi connectivity index (χ3n) is 3.91. The summed E-state index contributed by atoms with van der Waals surface area (Å²) in [6, 6.07) is 8.48. The lowest BCUT2D eigenvalue weighted by molar-refractivity contribution is 0.830. The van der Waals surface area contributed by atoms with Gasteiger partial charge in [-0.05, 0) is 43.0 Å². The number of anilines is 2. The van der Waals surface area contributed by atoms with Crippen LogP contribution in [-0.4, -0.2) is 18.1 Å². The number of nitrogens with zero attached hydrogens (tertiary/aromatic N) is 2. The topological polar surface area (TPSA) is 42.1 Å². The summed E-state index contributed by atoms with van der Waals surface area (Å²) >= 11 is 0. The van der Waals surface area contributed by atoms with Gasteiger partial charge in [-0.25, -0.2) is 0 Å². The highest BCUT2D eigenvalue weighted by molar-refractivity contribution is 5.92. The Bertz CT molecular complexity index is 598. The first-order valence-electron chi connectivity index (χ1n) is 7.10. The molecule has 19 heavy (non-hydrogen) atoms. The van der Waals surface area contributed by atoms with Gasteiger partial charge in [0.05, 0.1) is 5.52 Å². The van der Waals surface area contributed by atoms with Gasteiger partial charge in [0, 0.05) is 35.5 Å². The van der Waals surface area contributed by atoms with Crippen LogP contribution in [0.5, 0.6) is 0 Å². The Labute approximate surface area is 114 Å². The number of hydrogen-bond donors (Lipinski definition) is 1. The van der Waals surface area contributed by atoms with Crippen molar-refractivity contribution in [3.8, 4) is 0 Å². The Morgan fingerprint density at radius 2 is 1.89 bits per heavy atom. The van der Waals surface area contributed by atoms with E-state index in [9.17, 15) is 0 Å². The lowest BCUT2D eigenvalue weighted by Crippen LogP contribution is -2.17. The Balaban J connectivity index is 2.08. The van der Waals surface area contributed by atoms with Crippen LogP contribution in [0.15, 0.2) is 24.3 Å². The van der Waals surface area contributed by atoms with E-state index in [-0.39, 0.29) is 0 Å². The molecule has 0 atom stereocenters. The molecule has 2 aromatic rings. The zero-order valence-electron chi connectivity index (χ0n) is 11.7. The molecule has 0 aliphatic carbocycles. The van der Waals surface area contributed by atoms with Crippen molar-refractivity contribution in [3.05, 3.63) is 30.0 Å². The average Bonchev–Trinajstić information content (AvgIpc) is 2.92. The van der Waals surface area contributed by atoms with E-state index in [0.29, 0.717) is 5.92 Å². The van der Waals surface area contributed by atoms with Crippen molar-refractivity contribution in [1.29, 1.82) is 0 Å². The molecule has 1 aliphatic heterocycles. The molecule has 0 spiro atoms. The zero-order valence-corrected chi connectivity index (χ0v) is 11.7. The van der Waals surface area contributed by atoms with Crippen LogP contribution in [-0.2, 0) is 0 Å². The fraction of sp³-hybridized carbons (Fsp3) is 0.438. The summed E-state index contributed by atoms with van der Waals surface area (Å²) in [7, 11) is 0. The van der Waals surface area contributed by atoms with Crippen LogP contribution in [0, 0.1) is 0 Å². The summed E-state index contributed by atoms with van der Waals surface area (Å²) in [6.07, 6.45) is 2.58. The lowest BCUT2D eigenvalue weighted by Gasteiger charge is -2.18. The van der Waals surface area contributed by atoms with Crippen LogP contribution in [0.1, 0.15) is 38.3 Å². The summed E-state index contributed by atoms with van der Waals surface area (Å²) in [4.78, 5) is 7.13. The van der Waals surface area contributed by atoms with Crippen molar-refractivity contribution in [1.82, 2.24) is 4.98 Å². The maximum absolute atomic E-state index is 6.20. The highest BCUT2D eigenvalue weighted by Gasteiger charge is 2.14. The van der Waals surface area contributed by atoms with E-state index in [0.717, 1.165) is 35.4 Å². The quantitative estimate of drug-likeness (QED) is 0.892. The molecular weight excluding hydrogens is 234 g/mol. The average molecular weight is 255 g/mol. The van der Waals surface area contributed by atoms with E-state index in [1.165, 1.54) is 18.5 Å². The van der Waals surface area contributed by atoms with Crippen LogP contribution in [0.4, 0.5) is 11.4 Å². The van der Waals surface area contributed by atoms with Gasteiger partial charge >= 0.3 is 0 Å². The third kappa shape index (κ3) is 2.25. The Morgan fingerprint density at radius 3 is 2.58 bits per heavy atom. The van der Waals surface area contributed by atoms with Crippen LogP contribution in [0.2, 0.25) is 0 Å². The highest BCUT2D eigenvalue weighted by atomic mass is 15.1. The van der Waals surface area contributed by atoms with Crippen LogP contribution in [0.3, 0.4) is 0 Å². The minimum absolute atomic E-state index is 0.407. The summed E-state index contributed by atoms with van der Waals surface area (Å²) in [5.41, 5.74) is 10.4. The molecule has 0 amide bonds. The van der Waals surface area contributed by atoms with Crippen LogP contribution in [0.25, 0.3) is 10.9 Å². The molecule has 2 heterocycles. The van der Waals surface area contributed by atoms with Gasteiger partial charge in [0.25, 0.3) is 0 Å². The standard InChI is InChI=1S/C16H21N3/c1-11(2)16-10-14(17)13-9-12(5-6-15(13)18-16)19-7-3-4-8-19/h5-6,9-11H,3-4,7-8H2,1-2H3,(H2,17,18). The molecule has 3 rings (SSSR count). The predicted molar refractivity (Wildman–Crippen MR) is 81.7 cm³/mol. The minimum atomic E-state index is 0.407. The predicted octanol–water partition coefficient (Wildman–Crippen LogP) is 3.54. The van der Waals surface area contributed by atoms with Crippen molar-refractivity contribution in [2.24, 2.45) is 0 Å². The van der Waals surface area contributed by atoms with Crippen molar-refractivity contribution >= 4 is 22.3 Å². The molecule has 0 saturated carbocycles. The maximum Gasteiger partial charge on any atom is 0.0727 e. The van der Waals surface area contributed by atoms with E-state index >= 15 is 0 Å². The number of aromatic nitrogens is 1. The second-order valence-electron chi connectivity index (χ2n) is 5.69. The van der Waals surface area contributed by atoms with Gasteiger partial charge in [-0.2, -0.15) is 0 Å². The molecule has 2 N–H and O–H groups in total. The van der Waals surface area contributed by atoms with Gasteiger partial charge in [0.2, 0.25) is 0 Å². The summed E-state index contributed by atoms with van der Waals surface area (Å²) < 4.78 is 0. The molecule has 0 bridgehead atoms. The second-order valence-corrected chi connectivity index (χ2v) is 5.69. The SMILES string of the molecule is CC(C)c1cc(N)c2cc(N3CCCC3)ccc2n1. The van der Waals surface area contributed by atoms with Crippen molar-refractivity contribution < 1.29 is 0 Å². The molecular formula is C16H21N3. The molecule has 1 saturated heterocycles. The number of benzene rings is 1. The molecule has 1 fully saturated rings.